The van der Waals surface area contributed by atoms with Crippen LogP contribution in [0.15, 0.2) is 29.2 Å². The molecule has 0 spiro atoms. The van der Waals surface area contributed by atoms with Crippen molar-refractivity contribution in [3.8, 4) is 5.75 Å². The fourth-order valence-electron chi connectivity index (χ4n) is 0.931. The van der Waals surface area contributed by atoms with Gasteiger partial charge >= 0.3 is 0 Å². The summed E-state index contributed by atoms with van der Waals surface area (Å²) >= 11 is 5.47. The molecule has 1 rings (SSSR count). The van der Waals surface area contributed by atoms with Gasteiger partial charge in [-0.15, -0.1) is 11.6 Å². The molecule has 0 radical (unpaired) electrons. The Kier molecular flexibility index (Phi) is 4.76. The van der Waals surface area contributed by atoms with Gasteiger partial charge in [-0.2, -0.15) is 0 Å². The molecule has 0 bridgehead atoms. The SMILES string of the molecule is O=[SH](=O)c1cccc(OCCCCl)c1. The Balaban J connectivity index is 2.64. The third-order valence-corrected chi connectivity index (χ3v) is 2.54. The molecule has 0 aliphatic heterocycles. The maximum atomic E-state index is 10.6. The summed E-state index contributed by atoms with van der Waals surface area (Å²) in [6, 6.07) is 6.40. The van der Waals surface area contributed by atoms with E-state index in [0.717, 1.165) is 6.42 Å². The van der Waals surface area contributed by atoms with E-state index in [1.807, 2.05) is 0 Å². The summed E-state index contributed by atoms with van der Waals surface area (Å²) in [6.45, 7) is 0.503. The minimum atomic E-state index is -2.54. The lowest BCUT2D eigenvalue weighted by Crippen LogP contribution is -1.97. The number of alkyl halides is 1. The zero-order valence-corrected chi connectivity index (χ0v) is 9.13. The largest absolute Gasteiger partial charge is 0.494 e. The first-order chi connectivity index (χ1) is 6.74. The molecule has 3 nitrogen and oxygen atoms in total. The van der Waals surface area contributed by atoms with Gasteiger partial charge in [0.15, 0.2) is 10.7 Å². The highest BCUT2D eigenvalue weighted by Crippen LogP contribution is 2.14. The van der Waals surface area contributed by atoms with E-state index >= 15 is 0 Å². The molecule has 0 heterocycles. The summed E-state index contributed by atoms with van der Waals surface area (Å²) in [5.41, 5.74) is 0. The van der Waals surface area contributed by atoms with Crippen molar-refractivity contribution in [1.29, 1.82) is 0 Å². The lowest BCUT2D eigenvalue weighted by atomic mass is 10.3. The molecule has 1 aromatic rings. The van der Waals surface area contributed by atoms with Crippen LogP contribution in [0.2, 0.25) is 0 Å². The van der Waals surface area contributed by atoms with Gasteiger partial charge in [0.25, 0.3) is 0 Å². The number of hydrogen-bond acceptors (Lipinski definition) is 3. The average Bonchev–Trinajstić information content (AvgIpc) is 2.19. The maximum absolute atomic E-state index is 10.6. The third kappa shape index (κ3) is 3.55. The van der Waals surface area contributed by atoms with E-state index in [9.17, 15) is 8.42 Å². The lowest BCUT2D eigenvalue weighted by molar-refractivity contribution is 0.317. The van der Waals surface area contributed by atoms with E-state index in [4.69, 9.17) is 16.3 Å². The van der Waals surface area contributed by atoms with Crippen LogP contribution in [-0.2, 0) is 10.7 Å². The molecule has 5 heteroatoms. The Bertz CT molecular complexity index is 355. The van der Waals surface area contributed by atoms with Crippen LogP contribution in [0.3, 0.4) is 0 Å². The van der Waals surface area contributed by atoms with Gasteiger partial charge in [-0.25, -0.2) is 8.42 Å². The molecule has 0 aromatic heterocycles. The van der Waals surface area contributed by atoms with Crippen LogP contribution in [0.1, 0.15) is 6.42 Å². The van der Waals surface area contributed by atoms with Crippen molar-refractivity contribution in [2.24, 2.45) is 0 Å². The average molecular weight is 235 g/mol. The fraction of sp³-hybridized carbons (Fsp3) is 0.333. The molecule has 14 heavy (non-hydrogen) atoms. The van der Waals surface area contributed by atoms with Crippen molar-refractivity contribution >= 4 is 22.3 Å². The second kappa shape index (κ2) is 5.88. The van der Waals surface area contributed by atoms with E-state index in [1.165, 1.54) is 12.1 Å². The second-order valence-electron chi connectivity index (χ2n) is 2.65. The summed E-state index contributed by atoms with van der Waals surface area (Å²) in [7, 11) is -2.54. The highest BCUT2D eigenvalue weighted by atomic mass is 35.5. The smallest absolute Gasteiger partial charge is 0.168 e. The van der Waals surface area contributed by atoms with E-state index in [2.05, 4.69) is 0 Å². The number of halogens is 1. The Hall–Kier alpha value is -0.740. The zero-order chi connectivity index (χ0) is 10.4. The van der Waals surface area contributed by atoms with Crippen molar-refractivity contribution in [1.82, 2.24) is 0 Å². The number of hydrogen-bond donors (Lipinski definition) is 1. The van der Waals surface area contributed by atoms with Gasteiger partial charge in [-0.3, -0.25) is 0 Å². The molecule has 0 amide bonds. The van der Waals surface area contributed by atoms with Crippen LogP contribution in [0, 0.1) is 0 Å². The van der Waals surface area contributed by atoms with Gasteiger partial charge in [0.1, 0.15) is 5.75 Å². The molecule has 0 saturated carbocycles. The second-order valence-corrected chi connectivity index (χ2v) is 4.05. The van der Waals surface area contributed by atoms with Gasteiger partial charge < -0.3 is 4.74 Å². The minimum absolute atomic E-state index is 0.267. The molecule has 0 N–H and O–H groups in total. The topological polar surface area (TPSA) is 43.4 Å². The normalized spacial score (nSPS) is 10.4. The van der Waals surface area contributed by atoms with Crippen LogP contribution in [0.5, 0.6) is 5.75 Å². The van der Waals surface area contributed by atoms with Crippen molar-refractivity contribution in [2.75, 3.05) is 12.5 Å². The highest BCUT2D eigenvalue weighted by molar-refractivity contribution is 7.72. The number of ether oxygens (including phenoxy) is 1. The van der Waals surface area contributed by atoms with Crippen molar-refractivity contribution in [3.63, 3.8) is 0 Å². The van der Waals surface area contributed by atoms with Crippen molar-refractivity contribution < 1.29 is 13.2 Å². The van der Waals surface area contributed by atoms with Crippen LogP contribution in [0.25, 0.3) is 0 Å². The molecular weight excluding hydrogens is 224 g/mol. The Morgan fingerprint density at radius 2 is 2.14 bits per heavy atom. The molecule has 0 fully saturated rings. The number of thiol groups is 1. The molecule has 78 valence electrons. The van der Waals surface area contributed by atoms with Gasteiger partial charge in [0, 0.05) is 5.88 Å². The highest BCUT2D eigenvalue weighted by Gasteiger charge is 1.97. The van der Waals surface area contributed by atoms with E-state index in [1.54, 1.807) is 12.1 Å². The molecule has 0 aliphatic carbocycles. The predicted molar refractivity (Wildman–Crippen MR) is 55.9 cm³/mol. The molecule has 0 aliphatic rings. The van der Waals surface area contributed by atoms with Gasteiger partial charge in [0.05, 0.1) is 11.5 Å². The molecule has 0 saturated heterocycles. The van der Waals surface area contributed by atoms with Crippen LogP contribution >= 0.6 is 11.6 Å². The Morgan fingerprint density at radius 3 is 2.79 bits per heavy atom. The monoisotopic (exact) mass is 234 g/mol. The van der Waals surface area contributed by atoms with Crippen molar-refractivity contribution in [2.45, 2.75) is 11.3 Å². The van der Waals surface area contributed by atoms with Crippen molar-refractivity contribution in [3.05, 3.63) is 24.3 Å². The van der Waals surface area contributed by atoms with Crippen LogP contribution < -0.4 is 4.74 Å². The molecule has 1 aromatic carbocycles. The summed E-state index contributed by atoms with van der Waals surface area (Å²) < 4.78 is 26.6. The maximum Gasteiger partial charge on any atom is 0.168 e. The lowest BCUT2D eigenvalue weighted by Gasteiger charge is -2.04. The van der Waals surface area contributed by atoms with E-state index < -0.39 is 10.7 Å². The van der Waals surface area contributed by atoms with Crippen LogP contribution in [-0.4, -0.2) is 20.9 Å². The predicted octanol–water partition coefficient (Wildman–Crippen LogP) is 1.66. The first-order valence-corrected chi connectivity index (χ1v) is 5.88. The summed E-state index contributed by atoms with van der Waals surface area (Å²) in [5, 5.41) is 0. The quantitative estimate of drug-likeness (QED) is 0.479. The third-order valence-electron chi connectivity index (χ3n) is 1.58. The van der Waals surface area contributed by atoms with E-state index in [0.29, 0.717) is 18.2 Å². The van der Waals surface area contributed by atoms with E-state index in [-0.39, 0.29) is 4.90 Å². The fourth-order valence-corrected chi connectivity index (χ4v) is 1.48. The number of rotatable bonds is 5. The summed E-state index contributed by atoms with van der Waals surface area (Å²) in [4.78, 5) is 0.267. The number of benzene rings is 1. The van der Waals surface area contributed by atoms with Gasteiger partial charge in [-0.05, 0) is 24.6 Å². The van der Waals surface area contributed by atoms with Gasteiger partial charge in [-0.1, -0.05) is 6.07 Å². The molecular formula is C9H11ClO3S. The molecule has 0 unspecified atom stereocenters. The Labute approximate surface area is 89.6 Å². The standard InChI is InChI=1S/C9H11ClO3S/c10-5-2-6-13-8-3-1-4-9(7-8)14(11)12/h1,3-4,7,14H,2,5-6H2. The first-order valence-electron chi connectivity index (χ1n) is 4.17. The van der Waals surface area contributed by atoms with Crippen LogP contribution in [0.4, 0.5) is 0 Å². The first kappa shape index (κ1) is 11.3. The van der Waals surface area contributed by atoms with Gasteiger partial charge in [0.2, 0.25) is 0 Å². The minimum Gasteiger partial charge on any atom is -0.494 e. The molecule has 0 atom stereocenters. The summed E-state index contributed by atoms with van der Waals surface area (Å²) in [6.07, 6.45) is 0.745. The summed E-state index contributed by atoms with van der Waals surface area (Å²) in [5.74, 6) is 1.10. The Morgan fingerprint density at radius 1 is 1.36 bits per heavy atom. The zero-order valence-electron chi connectivity index (χ0n) is 7.48.